The molecule has 0 aliphatic carbocycles. The minimum absolute atomic E-state index is 0.157. The highest BCUT2D eigenvalue weighted by Crippen LogP contribution is 2.28. The number of halogens is 3. The van der Waals surface area contributed by atoms with E-state index in [1.54, 1.807) is 24.4 Å². The maximum Gasteiger partial charge on any atom is 0.573 e. The molecular formula is C20H14F3N7O2S. The van der Waals surface area contributed by atoms with Crippen molar-refractivity contribution in [1.29, 1.82) is 0 Å². The summed E-state index contributed by atoms with van der Waals surface area (Å²) in [5.41, 5.74) is 7.18. The van der Waals surface area contributed by atoms with Crippen LogP contribution in [0.5, 0.6) is 5.75 Å². The summed E-state index contributed by atoms with van der Waals surface area (Å²) >= 11 is 1.31. The van der Waals surface area contributed by atoms with Crippen LogP contribution in [0.4, 0.5) is 19.1 Å². The Morgan fingerprint density at radius 2 is 1.91 bits per heavy atom. The third kappa shape index (κ3) is 4.32. The van der Waals surface area contributed by atoms with Gasteiger partial charge in [-0.3, -0.25) is 9.69 Å². The van der Waals surface area contributed by atoms with E-state index in [2.05, 4.69) is 24.8 Å². The second kappa shape index (κ2) is 8.01. The van der Waals surface area contributed by atoms with Crippen molar-refractivity contribution in [1.82, 2.24) is 24.7 Å². The molecule has 0 bridgehead atoms. The fourth-order valence-corrected chi connectivity index (χ4v) is 4.07. The molecule has 1 aliphatic heterocycles. The van der Waals surface area contributed by atoms with Crippen LogP contribution in [0.3, 0.4) is 0 Å². The molecule has 1 saturated heterocycles. The predicted octanol–water partition coefficient (Wildman–Crippen LogP) is 3.10. The molecule has 2 N–H and O–H groups in total. The lowest BCUT2D eigenvalue weighted by Crippen LogP contribution is -2.39. The Hall–Kier alpha value is -3.71. The Balaban J connectivity index is 1.42. The zero-order chi connectivity index (χ0) is 23.2. The molecule has 1 aliphatic rings. The maximum atomic E-state index is 12.3. The molecule has 9 nitrogen and oxygen atoms in total. The van der Waals surface area contributed by atoms with E-state index in [1.807, 2.05) is 0 Å². The number of rotatable bonds is 4. The molecule has 168 valence electrons. The Bertz CT molecular complexity index is 1340. The summed E-state index contributed by atoms with van der Waals surface area (Å²) in [6.07, 6.45) is -1.70. The van der Waals surface area contributed by atoms with Crippen molar-refractivity contribution in [2.24, 2.45) is 5.73 Å². The van der Waals surface area contributed by atoms with Crippen molar-refractivity contribution < 1.29 is 22.7 Å². The minimum Gasteiger partial charge on any atom is -0.406 e. The van der Waals surface area contributed by atoms with Crippen LogP contribution in [0.15, 0.2) is 55.0 Å². The normalized spacial score (nSPS) is 16.5. The monoisotopic (exact) mass is 473 g/mol. The van der Waals surface area contributed by atoms with Gasteiger partial charge in [-0.25, -0.2) is 19.6 Å². The number of aromatic nitrogens is 5. The van der Waals surface area contributed by atoms with Gasteiger partial charge in [-0.05, 0) is 30.3 Å². The lowest BCUT2D eigenvalue weighted by atomic mass is 10.1. The first-order valence-corrected chi connectivity index (χ1v) is 10.6. The summed E-state index contributed by atoms with van der Waals surface area (Å²) < 4.78 is 42.3. The summed E-state index contributed by atoms with van der Waals surface area (Å²) in [6.45, 7) is 0. The molecule has 3 heterocycles. The van der Waals surface area contributed by atoms with Crippen molar-refractivity contribution >= 4 is 34.5 Å². The number of ether oxygens (including phenoxy) is 1. The third-order valence-corrected chi connectivity index (χ3v) is 5.74. The average Bonchev–Trinajstić information content (AvgIpc) is 3.39. The van der Waals surface area contributed by atoms with Crippen molar-refractivity contribution in [2.45, 2.75) is 11.9 Å². The Morgan fingerprint density at radius 1 is 1.12 bits per heavy atom. The van der Waals surface area contributed by atoms with Gasteiger partial charge >= 0.3 is 6.36 Å². The summed E-state index contributed by atoms with van der Waals surface area (Å²) in [5.74, 6) is 0.396. The zero-order valence-electron chi connectivity index (χ0n) is 16.6. The van der Waals surface area contributed by atoms with E-state index in [9.17, 15) is 18.0 Å². The van der Waals surface area contributed by atoms with Crippen LogP contribution in [-0.4, -0.2) is 48.3 Å². The number of carbonyl (C=O) groups is 1. The zero-order valence-corrected chi connectivity index (χ0v) is 17.4. The first-order valence-electron chi connectivity index (χ1n) is 9.51. The van der Waals surface area contributed by atoms with E-state index in [0.29, 0.717) is 22.6 Å². The van der Waals surface area contributed by atoms with Gasteiger partial charge in [0.2, 0.25) is 11.9 Å². The van der Waals surface area contributed by atoms with Crippen molar-refractivity contribution in [3.8, 4) is 22.8 Å². The van der Waals surface area contributed by atoms with Gasteiger partial charge < -0.3 is 10.5 Å². The molecule has 0 radical (unpaired) electrons. The van der Waals surface area contributed by atoms with E-state index in [-0.39, 0.29) is 23.4 Å². The summed E-state index contributed by atoms with van der Waals surface area (Å²) in [5, 5.41) is 5.16. The van der Waals surface area contributed by atoms with E-state index in [0.717, 1.165) is 5.39 Å². The molecule has 4 aromatic rings. The largest absolute Gasteiger partial charge is 0.573 e. The number of fused-ring (bicyclic) bond motifs is 1. The molecule has 33 heavy (non-hydrogen) atoms. The van der Waals surface area contributed by atoms with E-state index in [1.165, 1.54) is 51.9 Å². The number of thioether (sulfide) groups is 1. The highest BCUT2D eigenvalue weighted by atomic mass is 32.2. The van der Waals surface area contributed by atoms with Crippen LogP contribution < -0.4 is 15.4 Å². The van der Waals surface area contributed by atoms with Crippen LogP contribution in [0, 0.1) is 0 Å². The fraction of sp³-hybridized carbons (Fsp3) is 0.150. The van der Waals surface area contributed by atoms with Crippen LogP contribution in [-0.2, 0) is 4.79 Å². The van der Waals surface area contributed by atoms with Gasteiger partial charge in [-0.1, -0.05) is 12.1 Å². The number of nitrogens with zero attached hydrogens (tertiary/aromatic N) is 6. The second-order valence-electron chi connectivity index (χ2n) is 6.96. The van der Waals surface area contributed by atoms with Gasteiger partial charge in [-0.2, -0.15) is 0 Å². The van der Waals surface area contributed by atoms with E-state index >= 15 is 0 Å². The molecule has 1 fully saturated rings. The fourth-order valence-electron chi connectivity index (χ4n) is 3.26. The number of hydrogen-bond donors (Lipinski definition) is 1. The quantitative estimate of drug-likeness (QED) is 0.481. The number of benzene rings is 2. The SMILES string of the molecule is NC1SCC(=O)N1c1ncc2ccc(-c3ncn(-c4ccc(OC(F)(F)F)cc4)n3)cc2n1. The smallest absolute Gasteiger partial charge is 0.406 e. The molecule has 2 aromatic carbocycles. The third-order valence-electron chi connectivity index (χ3n) is 4.77. The number of nitrogens with two attached hydrogens (primary N) is 1. The van der Waals surface area contributed by atoms with Gasteiger partial charge in [0.1, 0.15) is 17.6 Å². The number of anilines is 1. The Morgan fingerprint density at radius 3 is 2.61 bits per heavy atom. The number of carbonyl (C=O) groups excluding carboxylic acids is 1. The molecule has 13 heteroatoms. The van der Waals surface area contributed by atoms with Crippen LogP contribution in [0.1, 0.15) is 0 Å². The molecule has 1 atom stereocenters. The van der Waals surface area contributed by atoms with Gasteiger partial charge in [0, 0.05) is 17.1 Å². The molecule has 2 aromatic heterocycles. The van der Waals surface area contributed by atoms with E-state index in [4.69, 9.17) is 5.73 Å². The first-order chi connectivity index (χ1) is 15.8. The van der Waals surface area contributed by atoms with Gasteiger partial charge in [0.05, 0.1) is 17.0 Å². The van der Waals surface area contributed by atoms with Gasteiger partial charge in [0.15, 0.2) is 5.82 Å². The minimum atomic E-state index is -4.76. The standard InChI is InChI=1S/C20H14F3N7O2S/c21-20(22,23)32-14-5-3-13(4-6-14)29-10-26-17(28-29)11-1-2-12-8-25-19(27-15(12)7-11)30-16(31)9-33-18(30)24/h1-8,10,18H,9,24H2. The lowest BCUT2D eigenvalue weighted by Gasteiger charge is -2.18. The number of amides is 1. The highest BCUT2D eigenvalue weighted by Gasteiger charge is 2.32. The average molecular weight is 473 g/mol. The lowest BCUT2D eigenvalue weighted by molar-refractivity contribution is -0.274. The molecule has 1 amide bonds. The molecule has 5 rings (SSSR count). The van der Waals surface area contributed by atoms with Gasteiger partial charge in [0.25, 0.3) is 0 Å². The van der Waals surface area contributed by atoms with Crippen molar-refractivity contribution in [2.75, 3.05) is 10.7 Å². The van der Waals surface area contributed by atoms with E-state index < -0.39 is 11.9 Å². The predicted molar refractivity (Wildman–Crippen MR) is 114 cm³/mol. The van der Waals surface area contributed by atoms with Crippen molar-refractivity contribution in [3.63, 3.8) is 0 Å². The number of hydrogen-bond acceptors (Lipinski definition) is 8. The van der Waals surface area contributed by atoms with Crippen LogP contribution in [0.25, 0.3) is 28.0 Å². The van der Waals surface area contributed by atoms with Crippen molar-refractivity contribution in [3.05, 3.63) is 55.0 Å². The second-order valence-corrected chi connectivity index (χ2v) is 8.07. The summed E-state index contributed by atoms with van der Waals surface area (Å²) in [6, 6.07) is 10.6. The first kappa shape index (κ1) is 21.2. The highest BCUT2D eigenvalue weighted by molar-refractivity contribution is 8.01. The van der Waals surface area contributed by atoms with Crippen LogP contribution >= 0.6 is 11.8 Å². The van der Waals surface area contributed by atoms with Crippen LogP contribution in [0.2, 0.25) is 0 Å². The summed E-state index contributed by atoms with van der Waals surface area (Å²) in [4.78, 5) is 26.5. The summed E-state index contributed by atoms with van der Waals surface area (Å²) in [7, 11) is 0. The molecule has 0 saturated carbocycles. The van der Waals surface area contributed by atoms with Gasteiger partial charge in [-0.15, -0.1) is 30.0 Å². The Kier molecular flexibility index (Phi) is 5.13. The topological polar surface area (TPSA) is 112 Å². The molecular weight excluding hydrogens is 459 g/mol. The molecule has 1 unspecified atom stereocenters. The number of alkyl halides is 3. The molecule has 0 spiro atoms. The Labute approximate surface area is 188 Å². The maximum absolute atomic E-state index is 12.3.